The van der Waals surface area contributed by atoms with Crippen LogP contribution in [0.5, 0.6) is 0 Å². The monoisotopic (exact) mass is 357 g/mol. The minimum Gasteiger partial charge on any atom is -0.353 e. The van der Waals surface area contributed by atoms with Gasteiger partial charge in [0.15, 0.2) is 0 Å². The molecule has 2 amide bonds. The standard InChI is InChI=1S/C21H31N3O2/c1-15-11-19(23-21(26)13-18-9-6-10-20(25)22-18)12-16(2)24(15)14-17-7-4-3-5-8-17/h3-5,7-8,15-16,18-19H,6,9-14H2,1-2H3,(H,22,25)(H,23,26)/t15-,16+,18?,19?. The zero-order valence-corrected chi connectivity index (χ0v) is 15.9. The summed E-state index contributed by atoms with van der Waals surface area (Å²) in [6.45, 7) is 5.45. The molecule has 0 bridgehead atoms. The Hall–Kier alpha value is -1.88. The highest BCUT2D eigenvalue weighted by molar-refractivity contribution is 5.80. The fraction of sp³-hybridized carbons (Fsp3) is 0.619. The lowest BCUT2D eigenvalue weighted by molar-refractivity contribution is -0.125. The fourth-order valence-electron chi connectivity index (χ4n) is 4.39. The van der Waals surface area contributed by atoms with E-state index in [-0.39, 0.29) is 23.9 Å². The van der Waals surface area contributed by atoms with Crippen LogP contribution in [-0.2, 0) is 16.1 Å². The number of hydrogen-bond donors (Lipinski definition) is 2. The van der Waals surface area contributed by atoms with Gasteiger partial charge in [-0.05, 0) is 45.1 Å². The minimum absolute atomic E-state index is 0.00395. The van der Waals surface area contributed by atoms with Gasteiger partial charge < -0.3 is 10.6 Å². The Kier molecular flexibility index (Phi) is 6.30. The van der Waals surface area contributed by atoms with Gasteiger partial charge in [0.1, 0.15) is 0 Å². The lowest BCUT2D eigenvalue weighted by Gasteiger charge is -2.43. The molecule has 2 heterocycles. The number of hydrogen-bond acceptors (Lipinski definition) is 3. The molecule has 0 aliphatic carbocycles. The SMILES string of the molecule is C[C@@H]1CC(NC(=O)CC2CCCC(=O)N2)C[C@H](C)N1Cc1ccccc1. The Labute approximate surface area is 156 Å². The van der Waals surface area contributed by atoms with Gasteiger partial charge in [0.05, 0.1) is 0 Å². The first kappa shape index (κ1) is 18.9. The summed E-state index contributed by atoms with van der Waals surface area (Å²) >= 11 is 0. The molecule has 2 aliphatic heterocycles. The third kappa shape index (κ3) is 5.07. The summed E-state index contributed by atoms with van der Waals surface area (Å²) in [6.07, 6.45) is 4.73. The average molecular weight is 357 g/mol. The third-order valence-electron chi connectivity index (χ3n) is 5.71. The molecule has 0 saturated carbocycles. The summed E-state index contributed by atoms with van der Waals surface area (Å²) in [5, 5.41) is 6.14. The van der Waals surface area contributed by atoms with Crippen LogP contribution in [0.15, 0.2) is 30.3 Å². The number of rotatable bonds is 5. The summed E-state index contributed by atoms with van der Waals surface area (Å²) < 4.78 is 0. The summed E-state index contributed by atoms with van der Waals surface area (Å²) in [7, 11) is 0. The number of nitrogens with one attached hydrogen (secondary N) is 2. The summed E-state index contributed by atoms with van der Waals surface area (Å²) in [5.41, 5.74) is 1.33. The van der Waals surface area contributed by atoms with E-state index in [2.05, 4.69) is 53.6 Å². The third-order valence-corrected chi connectivity index (χ3v) is 5.71. The van der Waals surface area contributed by atoms with Crippen molar-refractivity contribution in [1.82, 2.24) is 15.5 Å². The number of piperidine rings is 2. The molecule has 26 heavy (non-hydrogen) atoms. The second kappa shape index (κ2) is 8.67. The van der Waals surface area contributed by atoms with Crippen LogP contribution in [0.25, 0.3) is 0 Å². The van der Waals surface area contributed by atoms with Crippen LogP contribution in [0, 0.1) is 0 Å². The van der Waals surface area contributed by atoms with Crippen molar-refractivity contribution in [3.8, 4) is 0 Å². The van der Waals surface area contributed by atoms with Crippen LogP contribution in [-0.4, -0.2) is 40.9 Å². The van der Waals surface area contributed by atoms with E-state index >= 15 is 0 Å². The van der Waals surface area contributed by atoms with Crippen molar-refractivity contribution in [2.24, 2.45) is 0 Å². The topological polar surface area (TPSA) is 61.4 Å². The van der Waals surface area contributed by atoms with E-state index in [1.165, 1.54) is 5.56 Å². The molecule has 2 N–H and O–H groups in total. The lowest BCUT2D eigenvalue weighted by Crippen LogP contribution is -2.53. The molecule has 2 aliphatic rings. The van der Waals surface area contributed by atoms with E-state index in [0.29, 0.717) is 24.9 Å². The number of amides is 2. The molecule has 2 unspecified atom stereocenters. The maximum Gasteiger partial charge on any atom is 0.222 e. The van der Waals surface area contributed by atoms with Gasteiger partial charge in [0.25, 0.3) is 0 Å². The van der Waals surface area contributed by atoms with Crippen molar-refractivity contribution in [2.45, 2.75) is 83.1 Å². The van der Waals surface area contributed by atoms with Crippen molar-refractivity contribution in [1.29, 1.82) is 0 Å². The first-order chi connectivity index (χ1) is 12.5. The van der Waals surface area contributed by atoms with Crippen molar-refractivity contribution >= 4 is 11.8 Å². The molecule has 1 aromatic rings. The fourth-order valence-corrected chi connectivity index (χ4v) is 4.39. The molecule has 2 saturated heterocycles. The van der Waals surface area contributed by atoms with E-state index in [1.807, 2.05) is 6.07 Å². The Balaban J connectivity index is 1.49. The molecule has 1 aromatic carbocycles. The van der Waals surface area contributed by atoms with Gasteiger partial charge in [-0.1, -0.05) is 30.3 Å². The molecule has 4 atom stereocenters. The normalized spacial score (nSPS) is 29.8. The van der Waals surface area contributed by atoms with E-state index in [4.69, 9.17) is 0 Å². The van der Waals surface area contributed by atoms with Crippen LogP contribution in [0.1, 0.15) is 57.9 Å². The van der Waals surface area contributed by atoms with Gasteiger partial charge in [-0.2, -0.15) is 0 Å². The van der Waals surface area contributed by atoms with Gasteiger partial charge >= 0.3 is 0 Å². The van der Waals surface area contributed by atoms with Crippen LogP contribution >= 0.6 is 0 Å². The van der Waals surface area contributed by atoms with Crippen molar-refractivity contribution < 1.29 is 9.59 Å². The first-order valence-electron chi connectivity index (χ1n) is 9.89. The van der Waals surface area contributed by atoms with E-state index in [0.717, 1.165) is 32.2 Å². The van der Waals surface area contributed by atoms with Gasteiger partial charge in [-0.25, -0.2) is 0 Å². The minimum atomic E-state index is 0.00395. The average Bonchev–Trinajstić information content (AvgIpc) is 2.59. The van der Waals surface area contributed by atoms with Crippen LogP contribution in [0.3, 0.4) is 0 Å². The zero-order chi connectivity index (χ0) is 18.5. The maximum absolute atomic E-state index is 12.4. The predicted molar refractivity (Wildman–Crippen MR) is 102 cm³/mol. The zero-order valence-electron chi connectivity index (χ0n) is 15.9. The Morgan fingerprint density at radius 2 is 1.88 bits per heavy atom. The largest absolute Gasteiger partial charge is 0.353 e. The quantitative estimate of drug-likeness (QED) is 0.851. The molecule has 3 rings (SSSR count). The molecule has 0 radical (unpaired) electrons. The highest BCUT2D eigenvalue weighted by Crippen LogP contribution is 2.25. The number of likely N-dealkylation sites (tertiary alicyclic amines) is 1. The van der Waals surface area contributed by atoms with Crippen molar-refractivity contribution in [3.05, 3.63) is 35.9 Å². The number of carbonyl (C=O) groups is 2. The van der Waals surface area contributed by atoms with Gasteiger partial charge in [-0.15, -0.1) is 0 Å². The summed E-state index contributed by atoms with van der Waals surface area (Å²) in [6, 6.07) is 11.6. The molecule has 5 heteroatoms. The lowest BCUT2D eigenvalue weighted by atomic mass is 9.91. The van der Waals surface area contributed by atoms with Crippen molar-refractivity contribution in [2.75, 3.05) is 0 Å². The Morgan fingerprint density at radius 1 is 1.19 bits per heavy atom. The smallest absolute Gasteiger partial charge is 0.222 e. The van der Waals surface area contributed by atoms with Crippen molar-refractivity contribution in [3.63, 3.8) is 0 Å². The highest BCUT2D eigenvalue weighted by Gasteiger charge is 2.32. The molecule has 5 nitrogen and oxygen atoms in total. The van der Waals surface area contributed by atoms with Gasteiger partial charge in [-0.3, -0.25) is 14.5 Å². The molecule has 0 aromatic heterocycles. The van der Waals surface area contributed by atoms with Crippen LogP contribution in [0.4, 0.5) is 0 Å². The molecule has 142 valence electrons. The van der Waals surface area contributed by atoms with Gasteiger partial charge in [0, 0.05) is 43.6 Å². The van der Waals surface area contributed by atoms with E-state index in [9.17, 15) is 9.59 Å². The van der Waals surface area contributed by atoms with E-state index in [1.54, 1.807) is 0 Å². The highest BCUT2D eigenvalue weighted by atomic mass is 16.2. The number of carbonyl (C=O) groups excluding carboxylic acids is 2. The Morgan fingerprint density at radius 3 is 2.54 bits per heavy atom. The summed E-state index contributed by atoms with van der Waals surface area (Å²) in [5.74, 6) is 0.142. The molecular weight excluding hydrogens is 326 g/mol. The molecule has 0 spiro atoms. The number of benzene rings is 1. The molecule has 2 fully saturated rings. The van der Waals surface area contributed by atoms with Crippen LogP contribution < -0.4 is 10.6 Å². The first-order valence-corrected chi connectivity index (χ1v) is 9.89. The van der Waals surface area contributed by atoms with Gasteiger partial charge in [0.2, 0.25) is 11.8 Å². The second-order valence-electron chi connectivity index (χ2n) is 7.95. The second-order valence-corrected chi connectivity index (χ2v) is 7.95. The van der Waals surface area contributed by atoms with E-state index < -0.39 is 0 Å². The summed E-state index contributed by atoms with van der Waals surface area (Å²) in [4.78, 5) is 26.4. The Bertz CT molecular complexity index is 607. The predicted octanol–water partition coefficient (Wildman–Crippen LogP) is 2.60. The molecular formula is C21H31N3O2. The number of nitrogens with zero attached hydrogens (tertiary/aromatic N) is 1. The maximum atomic E-state index is 12.4. The van der Waals surface area contributed by atoms with Crippen LogP contribution in [0.2, 0.25) is 0 Å².